The van der Waals surface area contributed by atoms with E-state index in [1.807, 2.05) is 82.6 Å². The van der Waals surface area contributed by atoms with E-state index in [9.17, 15) is 4.79 Å². The normalized spacial score (nSPS) is 13.2. The van der Waals surface area contributed by atoms with E-state index >= 15 is 0 Å². The number of aryl methyl sites for hydroxylation is 1. The fraction of sp³-hybridized carbons (Fsp3) is 0.120. The molecule has 30 heavy (non-hydrogen) atoms. The zero-order valence-electron chi connectivity index (χ0n) is 16.8. The molecule has 0 N–H and O–H groups in total. The Balaban J connectivity index is 1.48. The van der Waals surface area contributed by atoms with Crippen LogP contribution < -0.4 is 0 Å². The molecule has 0 fully saturated rings. The third-order valence-corrected chi connectivity index (χ3v) is 5.45. The van der Waals surface area contributed by atoms with Gasteiger partial charge in [0, 0.05) is 24.0 Å². The fourth-order valence-electron chi connectivity index (χ4n) is 3.90. The van der Waals surface area contributed by atoms with Gasteiger partial charge in [-0.25, -0.2) is 4.68 Å². The Bertz CT molecular complexity index is 1220. The minimum Gasteiger partial charge on any atom is -0.329 e. The smallest absolute Gasteiger partial charge is 0.247 e. The number of benzene rings is 2. The molecule has 4 aromatic rings. The number of para-hydroxylation sites is 1. The average molecular weight is 394 g/mol. The molecular weight excluding hydrogens is 372 g/mol. The standard InChI is InChI=1S/C25H22N4O/c1-19-9-5-6-12-23(19)29-25(27-15-7-8-16-27)21-17-28(18-22(21)26-29)24(30)14-13-20-10-3-2-4-11-20/h2-16H,17-18H2,1H3/b14-13+. The van der Waals surface area contributed by atoms with Gasteiger partial charge in [-0.3, -0.25) is 4.79 Å². The van der Waals surface area contributed by atoms with Crippen LogP contribution in [0.4, 0.5) is 0 Å². The van der Waals surface area contributed by atoms with Gasteiger partial charge >= 0.3 is 0 Å². The van der Waals surface area contributed by atoms with E-state index in [1.54, 1.807) is 6.08 Å². The molecule has 148 valence electrons. The van der Waals surface area contributed by atoms with Gasteiger partial charge in [0.05, 0.1) is 24.5 Å². The van der Waals surface area contributed by atoms with Crippen LogP contribution >= 0.6 is 0 Å². The third kappa shape index (κ3) is 3.24. The molecule has 1 amide bonds. The number of aromatic nitrogens is 3. The van der Waals surface area contributed by atoms with Gasteiger partial charge in [0.15, 0.2) is 0 Å². The summed E-state index contributed by atoms with van der Waals surface area (Å²) in [5, 5.41) is 4.91. The van der Waals surface area contributed by atoms with Crippen LogP contribution in [0, 0.1) is 6.92 Å². The molecule has 2 aromatic heterocycles. The zero-order valence-corrected chi connectivity index (χ0v) is 16.8. The van der Waals surface area contributed by atoms with Crippen molar-refractivity contribution in [2.24, 2.45) is 0 Å². The Morgan fingerprint density at radius 1 is 0.933 bits per heavy atom. The van der Waals surface area contributed by atoms with E-state index < -0.39 is 0 Å². The van der Waals surface area contributed by atoms with E-state index in [1.165, 1.54) is 0 Å². The predicted octanol–water partition coefficient (Wildman–Crippen LogP) is 4.53. The monoisotopic (exact) mass is 394 g/mol. The lowest BCUT2D eigenvalue weighted by Gasteiger charge is -2.16. The van der Waals surface area contributed by atoms with E-state index in [0.29, 0.717) is 13.1 Å². The summed E-state index contributed by atoms with van der Waals surface area (Å²) in [6.45, 7) is 3.15. The summed E-state index contributed by atoms with van der Waals surface area (Å²) >= 11 is 0. The molecule has 0 radical (unpaired) electrons. The number of carbonyl (C=O) groups is 1. The first-order chi connectivity index (χ1) is 14.7. The second kappa shape index (κ2) is 7.52. The average Bonchev–Trinajstić information content (AvgIpc) is 3.49. The van der Waals surface area contributed by atoms with Crippen molar-refractivity contribution < 1.29 is 4.79 Å². The molecule has 0 bridgehead atoms. The zero-order chi connectivity index (χ0) is 20.5. The Labute approximate surface area is 175 Å². The highest BCUT2D eigenvalue weighted by Crippen LogP contribution is 2.31. The van der Waals surface area contributed by atoms with E-state index in [-0.39, 0.29) is 5.91 Å². The first-order valence-electron chi connectivity index (χ1n) is 10.0. The Kier molecular flexibility index (Phi) is 4.56. The van der Waals surface area contributed by atoms with Crippen molar-refractivity contribution in [3.8, 4) is 11.5 Å². The van der Waals surface area contributed by atoms with Gasteiger partial charge in [-0.1, -0.05) is 48.5 Å². The van der Waals surface area contributed by atoms with Gasteiger partial charge < -0.3 is 9.47 Å². The molecule has 0 atom stereocenters. The lowest BCUT2D eigenvalue weighted by atomic mass is 10.2. The van der Waals surface area contributed by atoms with Crippen molar-refractivity contribution in [3.05, 3.63) is 108 Å². The molecule has 0 saturated heterocycles. The number of carbonyl (C=O) groups excluding carboxylic acids is 1. The van der Waals surface area contributed by atoms with Crippen LogP contribution in [-0.2, 0) is 17.9 Å². The first-order valence-corrected chi connectivity index (χ1v) is 10.0. The summed E-state index contributed by atoms with van der Waals surface area (Å²) < 4.78 is 4.08. The summed E-state index contributed by atoms with van der Waals surface area (Å²) in [6.07, 6.45) is 7.54. The van der Waals surface area contributed by atoms with E-state index in [2.05, 4.69) is 23.6 Å². The van der Waals surface area contributed by atoms with Crippen LogP contribution in [0.15, 0.2) is 85.2 Å². The van der Waals surface area contributed by atoms with E-state index in [0.717, 1.165) is 33.9 Å². The van der Waals surface area contributed by atoms with Crippen LogP contribution in [0.2, 0.25) is 0 Å². The van der Waals surface area contributed by atoms with Crippen molar-refractivity contribution in [3.63, 3.8) is 0 Å². The molecular formula is C25H22N4O. The quantitative estimate of drug-likeness (QED) is 0.478. The third-order valence-electron chi connectivity index (χ3n) is 5.45. The fourth-order valence-corrected chi connectivity index (χ4v) is 3.90. The summed E-state index contributed by atoms with van der Waals surface area (Å²) in [7, 11) is 0. The van der Waals surface area contributed by atoms with Crippen molar-refractivity contribution in [1.82, 2.24) is 19.2 Å². The van der Waals surface area contributed by atoms with Gasteiger partial charge in [-0.2, -0.15) is 5.10 Å². The largest absolute Gasteiger partial charge is 0.329 e. The van der Waals surface area contributed by atoms with Crippen LogP contribution in [-0.4, -0.2) is 25.2 Å². The molecule has 1 aliphatic heterocycles. The van der Waals surface area contributed by atoms with Gasteiger partial charge in [0.1, 0.15) is 5.82 Å². The number of fused-ring (bicyclic) bond motifs is 1. The Hall–Kier alpha value is -3.86. The number of nitrogens with zero attached hydrogens (tertiary/aromatic N) is 4. The van der Waals surface area contributed by atoms with Crippen molar-refractivity contribution >= 4 is 12.0 Å². The molecule has 5 nitrogen and oxygen atoms in total. The molecule has 5 heteroatoms. The van der Waals surface area contributed by atoms with Gasteiger partial charge in [-0.05, 0) is 42.3 Å². The second-order valence-corrected chi connectivity index (χ2v) is 7.48. The van der Waals surface area contributed by atoms with Crippen LogP contribution in [0.1, 0.15) is 22.4 Å². The Morgan fingerprint density at radius 2 is 1.67 bits per heavy atom. The molecule has 2 aromatic carbocycles. The van der Waals surface area contributed by atoms with Crippen molar-refractivity contribution in [2.75, 3.05) is 0 Å². The lowest BCUT2D eigenvalue weighted by Crippen LogP contribution is -2.24. The molecule has 1 aliphatic rings. The van der Waals surface area contributed by atoms with Gasteiger partial charge in [-0.15, -0.1) is 0 Å². The van der Waals surface area contributed by atoms with Crippen LogP contribution in [0.25, 0.3) is 17.6 Å². The molecule has 5 rings (SSSR count). The highest BCUT2D eigenvalue weighted by molar-refractivity contribution is 5.92. The van der Waals surface area contributed by atoms with Gasteiger partial charge in [0.2, 0.25) is 5.91 Å². The Morgan fingerprint density at radius 3 is 2.43 bits per heavy atom. The van der Waals surface area contributed by atoms with E-state index in [4.69, 9.17) is 5.10 Å². The van der Waals surface area contributed by atoms with Crippen molar-refractivity contribution in [1.29, 1.82) is 0 Å². The SMILES string of the molecule is Cc1ccccc1-n1nc2c(c1-n1cccc1)CN(C(=O)/C=C/c1ccccc1)C2. The second-order valence-electron chi connectivity index (χ2n) is 7.48. The number of rotatable bonds is 4. The number of amides is 1. The first kappa shape index (κ1) is 18.2. The molecule has 0 aliphatic carbocycles. The molecule has 0 spiro atoms. The summed E-state index contributed by atoms with van der Waals surface area (Å²) in [4.78, 5) is 14.6. The molecule has 0 saturated carbocycles. The highest BCUT2D eigenvalue weighted by Gasteiger charge is 2.30. The maximum Gasteiger partial charge on any atom is 0.247 e. The maximum atomic E-state index is 12.8. The maximum absolute atomic E-state index is 12.8. The molecule has 3 heterocycles. The predicted molar refractivity (Wildman–Crippen MR) is 117 cm³/mol. The van der Waals surface area contributed by atoms with Crippen LogP contribution in [0.5, 0.6) is 0 Å². The molecule has 0 unspecified atom stereocenters. The van der Waals surface area contributed by atoms with Crippen LogP contribution in [0.3, 0.4) is 0 Å². The number of hydrogen-bond donors (Lipinski definition) is 0. The minimum atomic E-state index is -0.00208. The summed E-state index contributed by atoms with van der Waals surface area (Å²) in [6, 6.07) is 22.1. The van der Waals surface area contributed by atoms with Crippen molar-refractivity contribution in [2.45, 2.75) is 20.0 Å². The highest BCUT2D eigenvalue weighted by atomic mass is 16.2. The number of hydrogen-bond acceptors (Lipinski definition) is 2. The summed E-state index contributed by atoms with van der Waals surface area (Å²) in [5.41, 5.74) is 5.27. The lowest BCUT2D eigenvalue weighted by molar-refractivity contribution is -0.126. The minimum absolute atomic E-state index is 0.00208. The van der Waals surface area contributed by atoms with Gasteiger partial charge in [0.25, 0.3) is 0 Å². The topological polar surface area (TPSA) is 43.1 Å². The summed E-state index contributed by atoms with van der Waals surface area (Å²) in [5.74, 6) is 0.990.